The van der Waals surface area contributed by atoms with Crippen molar-refractivity contribution in [3.8, 4) is 0 Å². The number of rotatable bonds is 7. The monoisotopic (exact) mass is 388 g/mol. The number of esters is 1. The van der Waals surface area contributed by atoms with E-state index in [1.165, 1.54) is 18.3 Å². The highest BCUT2D eigenvalue weighted by Gasteiger charge is 2.33. The van der Waals surface area contributed by atoms with Crippen LogP contribution < -0.4 is 0 Å². The zero-order valence-electron chi connectivity index (χ0n) is 17.5. The minimum Gasteiger partial charge on any atom is -0.467 e. The molecule has 2 rings (SSSR count). The predicted octanol–water partition coefficient (Wildman–Crippen LogP) is 3.28. The summed E-state index contributed by atoms with van der Waals surface area (Å²) in [5.74, 6) is -0.530. The molecule has 28 heavy (non-hydrogen) atoms. The summed E-state index contributed by atoms with van der Waals surface area (Å²) >= 11 is 0. The molecule has 0 aliphatic carbocycles. The summed E-state index contributed by atoms with van der Waals surface area (Å²) in [6.07, 6.45) is 1.54. The molecule has 0 spiro atoms. The van der Waals surface area contributed by atoms with Crippen LogP contribution in [0.2, 0.25) is 0 Å². The number of nitrogens with zero attached hydrogens (tertiary/aromatic N) is 2. The summed E-state index contributed by atoms with van der Waals surface area (Å²) < 4.78 is 11.9. The van der Waals surface area contributed by atoms with Crippen molar-refractivity contribution >= 4 is 17.7 Å². The Balaban J connectivity index is 2.45. The van der Waals surface area contributed by atoms with E-state index < -0.39 is 12.0 Å². The third kappa shape index (κ3) is 3.88. The third-order valence-electron chi connectivity index (χ3n) is 5.09. The molecule has 2 heterocycles. The molecule has 1 amide bonds. The van der Waals surface area contributed by atoms with Gasteiger partial charge in [-0.25, -0.2) is 4.79 Å². The van der Waals surface area contributed by atoms with Crippen LogP contribution >= 0.6 is 0 Å². The molecule has 0 saturated carbocycles. The van der Waals surface area contributed by atoms with E-state index in [4.69, 9.17) is 9.15 Å². The number of ketones is 1. The highest BCUT2D eigenvalue weighted by Crippen LogP contribution is 2.25. The molecule has 7 nitrogen and oxygen atoms in total. The lowest BCUT2D eigenvalue weighted by Crippen LogP contribution is -2.44. The number of hydrogen-bond donors (Lipinski definition) is 0. The van der Waals surface area contributed by atoms with E-state index in [9.17, 15) is 14.4 Å². The van der Waals surface area contributed by atoms with Gasteiger partial charge < -0.3 is 18.6 Å². The smallest absolute Gasteiger partial charge is 0.354 e. The Kier molecular flexibility index (Phi) is 6.48. The van der Waals surface area contributed by atoms with Crippen LogP contribution in [0.15, 0.2) is 22.8 Å². The van der Waals surface area contributed by atoms with Crippen molar-refractivity contribution in [3.05, 3.63) is 46.7 Å². The molecule has 0 unspecified atom stereocenters. The van der Waals surface area contributed by atoms with Crippen LogP contribution in [0.1, 0.15) is 58.6 Å². The molecule has 2 aromatic heterocycles. The van der Waals surface area contributed by atoms with Gasteiger partial charge in [0.15, 0.2) is 5.78 Å². The van der Waals surface area contributed by atoms with Crippen molar-refractivity contribution in [2.24, 2.45) is 13.0 Å². The lowest BCUT2D eigenvalue weighted by molar-refractivity contribution is -0.136. The first-order valence-corrected chi connectivity index (χ1v) is 9.23. The lowest BCUT2D eigenvalue weighted by atomic mass is 9.99. The molecule has 0 N–H and O–H groups in total. The Labute approximate surface area is 165 Å². The molecule has 0 radical (unpaired) electrons. The van der Waals surface area contributed by atoms with Crippen LogP contribution in [0.4, 0.5) is 0 Å². The molecule has 1 atom stereocenters. The minimum atomic E-state index is -0.717. The molecular weight excluding hydrogens is 360 g/mol. The van der Waals surface area contributed by atoms with Gasteiger partial charge in [0, 0.05) is 24.2 Å². The number of carbonyl (C=O) groups is 3. The number of carbonyl (C=O) groups excluding carboxylic acids is 3. The van der Waals surface area contributed by atoms with Gasteiger partial charge in [-0.3, -0.25) is 9.59 Å². The van der Waals surface area contributed by atoms with Crippen LogP contribution in [0.5, 0.6) is 0 Å². The SMILES string of the molecule is COC(=O)c1c(C)c(C(=O)[C@@H](C)N(Cc2ccco2)C(=O)C(C)C)c(C)n1C. The molecule has 0 aliphatic rings. The minimum absolute atomic E-state index is 0.142. The van der Waals surface area contributed by atoms with Gasteiger partial charge in [0.25, 0.3) is 0 Å². The van der Waals surface area contributed by atoms with Crippen molar-refractivity contribution in [1.29, 1.82) is 0 Å². The first kappa shape index (κ1) is 21.5. The maximum absolute atomic E-state index is 13.4. The van der Waals surface area contributed by atoms with Gasteiger partial charge in [0.2, 0.25) is 5.91 Å². The van der Waals surface area contributed by atoms with E-state index in [0.29, 0.717) is 28.3 Å². The number of hydrogen-bond acceptors (Lipinski definition) is 5. The zero-order chi connectivity index (χ0) is 21.2. The quantitative estimate of drug-likeness (QED) is 0.537. The lowest BCUT2D eigenvalue weighted by Gasteiger charge is -2.29. The Morgan fingerprint density at radius 2 is 1.86 bits per heavy atom. The molecule has 0 fully saturated rings. The van der Waals surface area contributed by atoms with Crippen molar-refractivity contribution in [2.45, 2.75) is 47.2 Å². The second-order valence-corrected chi connectivity index (χ2v) is 7.23. The molecule has 0 aromatic carbocycles. The van der Waals surface area contributed by atoms with Crippen LogP contribution in [0.25, 0.3) is 0 Å². The summed E-state index contributed by atoms with van der Waals surface area (Å²) in [6.45, 7) is 8.99. The average molecular weight is 388 g/mol. The third-order valence-corrected chi connectivity index (χ3v) is 5.09. The first-order valence-electron chi connectivity index (χ1n) is 9.23. The molecule has 152 valence electrons. The van der Waals surface area contributed by atoms with Crippen molar-refractivity contribution < 1.29 is 23.5 Å². The van der Waals surface area contributed by atoms with Gasteiger partial charge in [-0.05, 0) is 38.5 Å². The molecule has 0 bridgehead atoms. The van der Waals surface area contributed by atoms with Crippen LogP contribution in [-0.2, 0) is 23.1 Å². The maximum atomic E-state index is 13.4. The summed E-state index contributed by atoms with van der Waals surface area (Å²) in [4.78, 5) is 39.8. The summed E-state index contributed by atoms with van der Waals surface area (Å²) in [5, 5.41) is 0. The van der Waals surface area contributed by atoms with Crippen LogP contribution in [0, 0.1) is 19.8 Å². The van der Waals surface area contributed by atoms with E-state index in [1.807, 2.05) is 0 Å². The zero-order valence-corrected chi connectivity index (χ0v) is 17.5. The highest BCUT2D eigenvalue weighted by atomic mass is 16.5. The molecule has 2 aromatic rings. The Hall–Kier alpha value is -2.83. The Morgan fingerprint density at radius 3 is 2.36 bits per heavy atom. The molecule has 0 saturated heterocycles. The number of ether oxygens (including phenoxy) is 1. The number of aromatic nitrogens is 1. The van der Waals surface area contributed by atoms with E-state index in [-0.39, 0.29) is 24.2 Å². The summed E-state index contributed by atoms with van der Waals surface area (Å²) in [5.41, 5.74) is 1.99. The van der Waals surface area contributed by atoms with Gasteiger partial charge >= 0.3 is 5.97 Å². The maximum Gasteiger partial charge on any atom is 0.354 e. The van der Waals surface area contributed by atoms with Crippen molar-refractivity contribution in [3.63, 3.8) is 0 Å². The Bertz CT molecular complexity index is 877. The van der Waals surface area contributed by atoms with Gasteiger partial charge in [0.1, 0.15) is 11.5 Å². The fraction of sp³-hybridized carbons (Fsp3) is 0.476. The number of methoxy groups -OCH3 is 1. The predicted molar refractivity (Wildman–Crippen MR) is 104 cm³/mol. The summed E-state index contributed by atoms with van der Waals surface area (Å²) in [6, 6.07) is 2.80. The van der Waals surface area contributed by atoms with E-state index in [1.54, 1.807) is 58.4 Å². The number of furan rings is 1. The van der Waals surface area contributed by atoms with E-state index in [2.05, 4.69) is 0 Å². The Morgan fingerprint density at radius 1 is 1.21 bits per heavy atom. The largest absolute Gasteiger partial charge is 0.467 e. The van der Waals surface area contributed by atoms with Gasteiger partial charge in [0.05, 0.1) is 26.0 Å². The van der Waals surface area contributed by atoms with E-state index >= 15 is 0 Å². The standard InChI is InChI=1S/C21H28N2O5/c1-12(2)20(25)23(11-16-9-8-10-28-16)15(5)19(24)17-13(3)18(21(26)27-7)22(6)14(17)4/h8-10,12,15H,11H2,1-7H3/t15-/m1/s1. The van der Waals surface area contributed by atoms with Crippen molar-refractivity contribution in [2.75, 3.05) is 7.11 Å². The molecular formula is C21H28N2O5. The normalized spacial score (nSPS) is 12.1. The van der Waals surface area contributed by atoms with E-state index in [0.717, 1.165) is 0 Å². The average Bonchev–Trinajstić information content (AvgIpc) is 3.24. The van der Waals surface area contributed by atoms with Crippen LogP contribution in [0.3, 0.4) is 0 Å². The van der Waals surface area contributed by atoms with Crippen LogP contribution in [-0.4, -0.2) is 40.3 Å². The fourth-order valence-electron chi connectivity index (χ4n) is 3.38. The fourth-order valence-corrected chi connectivity index (χ4v) is 3.38. The first-order chi connectivity index (χ1) is 13.1. The topological polar surface area (TPSA) is 81.8 Å². The summed E-state index contributed by atoms with van der Waals surface area (Å²) in [7, 11) is 3.02. The molecule has 7 heteroatoms. The molecule has 0 aliphatic heterocycles. The van der Waals surface area contributed by atoms with Gasteiger partial charge in [-0.2, -0.15) is 0 Å². The second kappa shape index (κ2) is 8.46. The second-order valence-electron chi connectivity index (χ2n) is 7.23. The highest BCUT2D eigenvalue weighted by molar-refractivity contribution is 6.06. The number of Topliss-reactive ketones (excluding diaryl/α,β-unsaturated/α-hetero) is 1. The number of amides is 1. The van der Waals surface area contributed by atoms with Gasteiger partial charge in [-0.1, -0.05) is 13.8 Å². The van der Waals surface area contributed by atoms with Gasteiger partial charge in [-0.15, -0.1) is 0 Å². The van der Waals surface area contributed by atoms with Crippen molar-refractivity contribution in [1.82, 2.24) is 9.47 Å².